The van der Waals surface area contributed by atoms with Crippen molar-refractivity contribution in [2.75, 3.05) is 20.6 Å². The largest absolute Gasteiger partial charge is 0.309 e. The number of hydrogen-bond donors (Lipinski definition) is 0. The molecule has 2 atom stereocenters. The van der Waals surface area contributed by atoms with Gasteiger partial charge < -0.3 is 4.90 Å². The van der Waals surface area contributed by atoms with Gasteiger partial charge in [-0.15, -0.1) is 0 Å². The first kappa shape index (κ1) is 17.2. The van der Waals surface area contributed by atoms with Crippen molar-refractivity contribution in [3.05, 3.63) is 71.0 Å². The summed E-state index contributed by atoms with van der Waals surface area (Å²) in [5.41, 5.74) is 4.32. The van der Waals surface area contributed by atoms with Gasteiger partial charge in [0.15, 0.2) is 0 Å². The zero-order valence-corrected chi connectivity index (χ0v) is 14.8. The Morgan fingerprint density at radius 3 is 2.54 bits per heavy atom. The summed E-state index contributed by atoms with van der Waals surface area (Å²) in [7, 11) is 4.27. The number of aryl methyl sites for hydroxylation is 1. The van der Waals surface area contributed by atoms with Gasteiger partial charge in [-0.3, -0.25) is 0 Å². The summed E-state index contributed by atoms with van der Waals surface area (Å²) in [5.74, 6) is 0.891. The van der Waals surface area contributed by atoms with Crippen LogP contribution in [0.4, 0.5) is 4.39 Å². The molecule has 1 nitrogen and oxygen atoms in total. The smallest absolute Gasteiger partial charge is 0.123 e. The number of nitrogens with zero attached hydrogens (tertiary/aromatic N) is 1. The molecule has 0 amide bonds. The van der Waals surface area contributed by atoms with Crippen LogP contribution in [0.2, 0.25) is 0 Å². The third kappa shape index (κ3) is 4.05. The van der Waals surface area contributed by atoms with Crippen LogP contribution in [0, 0.1) is 5.82 Å². The molecule has 0 unspecified atom stereocenters. The number of rotatable bonds is 5. The molecule has 1 aliphatic carbocycles. The Kier molecular flexibility index (Phi) is 5.68. The normalized spacial score (nSPS) is 20.7. The molecule has 24 heavy (non-hydrogen) atoms. The number of hydrogen-bond acceptors (Lipinski definition) is 1. The molecule has 0 aromatic heterocycles. The van der Waals surface area contributed by atoms with Gasteiger partial charge in [-0.05, 0) is 93.4 Å². The van der Waals surface area contributed by atoms with E-state index in [0.29, 0.717) is 11.8 Å². The van der Waals surface area contributed by atoms with E-state index >= 15 is 0 Å². The van der Waals surface area contributed by atoms with Gasteiger partial charge in [0.25, 0.3) is 0 Å². The van der Waals surface area contributed by atoms with Gasteiger partial charge in [-0.2, -0.15) is 0 Å². The molecule has 2 aromatic carbocycles. The van der Waals surface area contributed by atoms with E-state index in [2.05, 4.69) is 43.3 Å². The molecule has 0 saturated carbocycles. The van der Waals surface area contributed by atoms with E-state index in [1.807, 2.05) is 12.1 Å². The monoisotopic (exact) mass is 325 g/mol. The average Bonchev–Trinajstić information content (AvgIpc) is 2.75. The topological polar surface area (TPSA) is 3.24 Å². The lowest BCUT2D eigenvalue weighted by Gasteiger charge is -2.28. The highest BCUT2D eigenvalue weighted by Gasteiger charge is 2.28. The highest BCUT2D eigenvalue weighted by Crippen LogP contribution is 2.43. The van der Waals surface area contributed by atoms with Gasteiger partial charge in [0, 0.05) is 0 Å². The maximum Gasteiger partial charge on any atom is 0.123 e. The summed E-state index contributed by atoms with van der Waals surface area (Å²) in [6, 6.07) is 16.2. The fourth-order valence-electron chi connectivity index (χ4n) is 4.15. The zero-order valence-electron chi connectivity index (χ0n) is 14.8. The van der Waals surface area contributed by atoms with Crippen molar-refractivity contribution in [2.45, 2.75) is 43.9 Å². The third-order valence-corrected chi connectivity index (χ3v) is 5.32. The van der Waals surface area contributed by atoms with E-state index in [1.54, 1.807) is 12.1 Å². The van der Waals surface area contributed by atoms with Crippen LogP contribution in [0.25, 0.3) is 0 Å². The van der Waals surface area contributed by atoms with Crippen LogP contribution >= 0.6 is 0 Å². The first-order valence-electron chi connectivity index (χ1n) is 9.13. The SMILES string of the molecule is CN(C)CCC[C@@H]1c2ccccc2CCC[C@@H]1c1ccc(F)cc1. The van der Waals surface area contributed by atoms with Crippen LogP contribution in [-0.4, -0.2) is 25.5 Å². The Labute approximate surface area is 145 Å². The molecule has 0 saturated heterocycles. The molecule has 0 N–H and O–H groups in total. The molecule has 0 heterocycles. The second-order valence-corrected chi connectivity index (χ2v) is 7.30. The lowest BCUT2D eigenvalue weighted by molar-refractivity contribution is 0.371. The first-order valence-corrected chi connectivity index (χ1v) is 9.13. The summed E-state index contributed by atoms with van der Waals surface area (Å²) >= 11 is 0. The average molecular weight is 325 g/mol. The molecule has 2 aromatic rings. The maximum absolute atomic E-state index is 13.4. The van der Waals surface area contributed by atoms with Crippen LogP contribution in [0.3, 0.4) is 0 Å². The van der Waals surface area contributed by atoms with Crippen molar-refractivity contribution in [2.24, 2.45) is 0 Å². The summed E-state index contributed by atoms with van der Waals surface area (Å²) in [6.45, 7) is 1.12. The van der Waals surface area contributed by atoms with E-state index in [0.717, 1.165) is 13.0 Å². The summed E-state index contributed by atoms with van der Waals surface area (Å²) in [4.78, 5) is 2.26. The van der Waals surface area contributed by atoms with Crippen molar-refractivity contribution in [1.29, 1.82) is 0 Å². The fourth-order valence-corrected chi connectivity index (χ4v) is 4.15. The second kappa shape index (κ2) is 7.94. The van der Waals surface area contributed by atoms with Crippen LogP contribution in [-0.2, 0) is 6.42 Å². The highest BCUT2D eigenvalue weighted by atomic mass is 19.1. The van der Waals surface area contributed by atoms with Gasteiger partial charge in [0.2, 0.25) is 0 Å². The molecule has 3 rings (SSSR count). The van der Waals surface area contributed by atoms with Gasteiger partial charge in [-0.1, -0.05) is 36.4 Å². The lowest BCUT2D eigenvalue weighted by Crippen LogP contribution is -2.16. The third-order valence-electron chi connectivity index (χ3n) is 5.32. The van der Waals surface area contributed by atoms with Crippen molar-refractivity contribution < 1.29 is 4.39 Å². The lowest BCUT2D eigenvalue weighted by atomic mass is 9.77. The van der Waals surface area contributed by atoms with E-state index in [9.17, 15) is 4.39 Å². The van der Waals surface area contributed by atoms with E-state index in [1.165, 1.54) is 42.4 Å². The molecule has 128 valence electrons. The summed E-state index contributed by atoms with van der Waals surface area (Å²) in [5, 5.41) is 0. The van der Waals surface area contributed by atoms with Gasteiger partial charge in [0.05, 0.1) is 0 Å². The van der Waals surface area contributed by atoms with Crippen molar-refractivity contribution in [1.82, 2.24) is 4.90 Å². The molecule has 0 bridgehead atoms. The number of fused-ring (bicyclic) bond motifs is 1. The van der Waals surface area contributed by atoms with E-state index in [-0.39, 0.29) is 5.82 Å². The van der Waals surface area contributed by atoms with Crippen molar-refractivity contribution in [3.8, 4) is 0 Å². The standard InChI is InChI=1S/C22H28FN/c1-24(2)16-6-11-22-20-9-4-3-7-17(20)8-5-10-21(22)18-12-14-19(23)15-13-18/h3-4,7,9,12-15,21-22H,5-6,8,10-11,16H2,1-2H3/t21-,22-/m1/s1. The molecule has 1 aliphatic rings. The fraction of sp³-hybridized carbons (Fsp3) is 0.455. The highest BCUT2D eigenvalue weighted by molar-refractivity contribution is 5.36. The predicted molar refractivity (Wildman–Crippen MR) is 99.1 cm³/mol. The Balaban J connectivity index is 1.91. The second-order valence-electron chi connectivity index (χ2n) is 7.30. The molecule has 0 radical (unpaired) electrons. The van der Waals surface area contributed by atoms with Crippen LogP contribution in [0.1, 0.15) is 54.2 Å². The molecule has 2 heteroatoms. The quantitative estimate of drug-likeness (QED) is 0.668. The van der Waals surface area contributed by atoms with Crippen LogP contribution in [0.5, 0.6) is 0 Å². The summed E-state index contributed by atoms with van der Waals surface area (Å²) in [6.07, 6.45) is 5.95. The van der Waals surface area contributed by atoms with Crippen LogP contribution in [0.15, 0.2) is 48.5 Å². The predicted octanol–water partition coefficient (Wildman–Crippen LogP) is 5.37. The minimum Gasteiger partial charge on any atom is -0.309 e. The molecule has 0 fully saturated rings. The maximum atomic E-state index is 13.4. The van der Waals surface area contributed by atoms with E-state index in [4.69, 9.17) is 0 Å². The van der Waals surface area contributed by atoms with E-state index < -0.39 is 0 Å². The number of halogens is 1. The molecular weight excluding hydrogens is 297 g/mol. The molecule has 0 aliphatic heterocycles. The van der Waals surface area contributed by atoms with Crippen molar-refractivity contribution >= 4 is 0 Å². The Bertz CT molecular complexity index is 647. The van der Waals surface area contributed by atoms with Gasteiger partial charge in [0.1, 0.15) is 5.82 Å². The molecule has 0 spiro atoms. The Morgan fingerprint density at radius 2 is 1.79 bits per heavy atom. The van der Waals surface area contributed by atoms with Gasteiger partial charge >= 0.3 is 0 Å². The first-order chi connectivity index (χ1) is 11.6. The summed E-state index contributed by atoms with van der Waals surface area (Å²) < 4.78 is 13.4. The zero-order chi connectivity index (χ0) is 16.9. The van der Waals surface area contributed by atoms with Crippen LogP contribution < -0.4 is 0 Å². The van der Waals surface area contributed by atoms with Gasteiger partial charge in [-0.25, -0.2) is 4.39 Å². The van der Waals surface area contributed by atoms with Crippen molar-refractivity contribution in [3.63, 3.8) is 0 Å². The Hall–Kier alpha value is -1.67. The molecular formula is C22H28FN. The minimum atomic E-state index is -0.142. The number of benzene rings is 2. The Morgan fingerprint density at radius 1 is 1.04 bits per heavy atom. The minimum absolute atomic E-state index is 0.142.